The van der Waals surface area contributed by atoms with Gasteiger partial charge in [-0.3, -0.25) is 4.99 Å². The Morgan fingerprint density at radius 1 is 1.13 bits per heavy atom. The van der Waals surface area contributed by atoms with Crippen LogP contribution in [0.25, 0.3) is 5.69 Å². The lowest BCUT2D eigenvalue weighted by Crippen LogP contribution is -2.46. The molecular formula is C22H34IN5O3. The van der Waals surface area contributed by atoms with E-state index in [2.05, 4.69) is 20.3 Å². The maximum Gasteiger partial charge on any atom is 0.193 e. The summed E-state index contributed by atoms with van der Waals surface area (Å²) in [6, 6.07) is 9.86. The lowest BCUT2D eigenvalue weighted by Gasteiger charge is -2.34. The van der Waals surface area contributed by atoms with Crippen LogP contribution in [0.3, 0.4) is 0 Å². The van der Waals surface area contributed by atoms with Crippen LogP contribution in [0.2, 0.25) is 0 Å². The quantitative estimate of drug-likeness (QED) is 0.227. The highest BCUT2D eigenvalue weighted by atomic mass is 127. The standard InChI is InChI=1S/C22H33N5O3.HI/c1-23-22(26-12-10-21(11-13-26)30-16-4-15-28-2)24-17-18-9-14-27(25-18)19-5-7-20(29-3)8-6-19;/h5-9,14,21H,4,10-13,15-17H2,1-3H3,(H,23,24);1H. The average molecular weight is 543 g/mol. The molecule has 3 rings (SSSR count). The smallest absolute Gasteiger partial charge is 0.193 e. The first-order valence-corrected chi connectivity index (χ1v) is 10.5. The third-order valence-electron chi connectivity index (χ3n) is 5.21. The van der Waals surface area contributed by atoms with Crippen molar-refractivity contribution in [3.8, 4) is 11.4 Å². The normalized spacial score (nSPS) is 14.9. The summed E-state index contributed by atoms with van der Waals surface area (Å²) >= 11 is 0. The van der Waals surface area contributed by atoms with Crippen molar-refractivity contribution in [1.82, 2.24) is 20.0 Å². The second-order valence-corrected chi connectivity index (χ2v) is 7.25. The van der Waals surface area contributed by atoms with E-state index in [9.17, 15) is 0 Å². The number of hydrogen-bond donors (Lipinski definition) is 1. The van der Waals surface area contributed by atoms with Crippen LogP contribution >= 0.6 is 24.0 Å². The number of benzene rings is 1. The molecule has 0 aliphatic carbocycles. The van der Waals surface area contributed by atoms with Crippen LogP contribution in [0.1, 0.15) is 25.0 Å². The molecule has 0 unspecified atom stereocenters. The molecule has 0 saturated carbocycles. The minimum atomic E-state index is 0. The summed E-state index contributed by atoms with van der Waals surface area (Å²) in [5.74, 6) is 1.74. The second kappa shape index (κ2) is 13.5. The van der Waals surface area contributed by atoms with Gasteiger partial charge >= 0.3 is 0 Å². The minimum Gasteiger partial charge on any atom is -0.497 e. The molecule has 1 aromatic heterocycles. The van der Waals surface area contributed by atoms with Crippen molar-refractivity contribution in [2.24, 2.45) is 4.99 Å². The Morgan fingerprint density at radius 3 is 2.52 bits per heavy atom. The summed E-state index contributed by atoms with van der Waals surface area (Å²) in [4.78, 5) is 6.74. The molecule has 2 aromatic rings. The third-order valence-corrected chi connectivity index (χ3v) is 5.21. The summed E-state index contributed by atoms with van der Waals surface area (Å²) < 4.78 is 18.1. The van der Waals surface area contributed by atoms with Crippen molar-refractivity contribution in [2.45, 2.75) is 31.9 Å². The van der Waals surface area contributed by atoms with Crippen molar-refractivity contribution < 1.29 is 14.2 Å². The number of nitrogens with zero attached hydrogens (tertiary/aromatic N) is 4. The number of methoxy groups -OCH3 is 2. The van der Waals surface area contributed by atoms with E-state index < -0.39 is 0 Å². The second-order valence-electron chi connectivity index (χ2n) is 7.25. The van der Waals surface area contributed by atoms with Crippen LogP contribution in [0.15, 0.2) is 41.5 Å². The van der Waals surface area contributed by atoms with Gasteiger partial charge in [0.25, 0.3) is 0 Å². The molecule has 0 spiro atoms. The molecule has 0 bridgehead atoms. The van der Waals surface area contributed by atoms with Gasteiger partial charge in [-0.25, -0.2) is 4.68 Å². The van der Waals surface area contributed by atoms with Crippen LogP contribution < -0.4 is 10.1 Å². The number of piperidine rings is 1. The highest BCUT2D eigenvalue weighted by molar-refractivity contribution is 14.0. The predicted octanol–water partition coefficient (Wildman–Crippen LogP) is 3.09. The Bertz CT molecular complexity index is 789. The average Bonchev–Trinajstić information content (AvgIpc) is 3.27. The fourth-order valence-corrected chi connectivity index (χ4v) is 3.52. The van der Waals surface area contributed by atoms with E-state index in [-0.39, 0.29) is 24.0 Å². The molecule has 1 aromatic carbocycles. The van der Waals surface area contributed by atoms with E-state index in [1.54, 1.807) is 14.2 Å². The van der Waals surface area contributed by atoms with E-state index in [0.29, 0.717) is 12.6 Å². The van der Waals surface area contributed by atoms with Gasteiger partial charge in [-0.2, -0.15) is 5.10 Å². The Kier molecular flexibility index (Phi) is 11.1. The zero-order valence-corrected chi connectivity index (χ0v) is 21.0. The van der Waals surface area contributed by atoms with Gasteiger partial charge in [0.15, 0.2) is 5.96 Å². The minimum absolute atomic E-state index is 0. The van der Waals surface area contributed by atoms with E-state index in [4.69, 9.17) is 14.2 Å². The molecule has 31 heavy (non-hydrogen) atoms. The molecule has 1 N–H and O–H groups in total. The summed E-state index contributed by atoms with van der Waals surface area (Å²) in [5, 5.41) is 8.09. The van der Waals surface area contributed by atoms with Gasteiger partial charge in [0.1, 0.15) is 5.75 Å². The zero-order chi connectivity index (χ0) is 21.2. The highest BCUT2D eigenvalue weighted by Crippen LogP contribution is 2.16. The lowest BCUT2D eigenvalue weighted by molar-refractivity contribution is 0.00989. The zero-order valence-electron chi connectivity index (χ0n) is 18.6. The number of hydrogen-bond acceptors (Lipinski definition) is 5. The van der Waals surface area contributed by atoms with E-state index in [1.165, 1.54) is 0 Å². The Morgan fingerprint density at radius 2 is 1.87 bits per heavy atom. The van der Waals surface area contributed by atoms with Crippen LogP contribution in [-0.2, 0) is 16.0 Å². The summed E-state index contributed by atoms with van der Waals surface area (Å²) in [6.45, 7) is 4.03. The fourth-order valence-electron chi connectivity index (χ4n) is 3.52. The molecule has 1 aliphatic rings. The first-order chi connectivity index (χ1) is 14.7. The predicted molar refractivity (Wildman–Crippen MR) is 133 cm³/mol. The Balaban J connectivity index is 0.00000341. The van der Waals surface area contributed by atoms with Crippen LogP contribution in [0.5, 0.6) is 5.75 Å². The molecule has 0 atom stereocenters. The Hall–Kier alpha value is -1.85. The lowest BCUT2D eigenvalue weighted by atomic mass is 10.1. The largest absolute Gasteiger partial charge is 0.497 e. The number of guanidine groups is 1. The van der Waals surface area contributed by atoms with Crippen LogP contribution in [0.4, 0.5) is 0 Å². The SMILES string of the molecule is CN=C(NCc1ccn(-c2ccc(OC)cc2)n1)N1CCC(OCCCOC)CC1.I. The number of halogens is 1. The molecule has 2 heterocycles. The van der Waals surface area contributed by atoms with Gasteiger partial charge in [-0.05, 0) is 49.6 Å². The fraction of sp³-hybridized carbons (Fsp3) is 0.545. The van der Waals surface area contributed by atoms with Gasteiger partial charge in [-0.15, -0.1) is 24.0 Å². The summed E-state index contributed by atoms with van der Waals surface area (Å²) in [5.41, 5.74) is 1.96. The monoisotopic (exact) mass is 543 g/mol. The van der Waals surface area contributed by atoms with Gasteiger partial charge < -0.3 is 24.4 Å². The molecule has 8 nitrogen and oxygen atoms in total. The van der Waals surface area contributed by atoms with Crippen molar-refractivity contribution >= 4 is 29.9 Å². The molecule has 9 heteroatoms. The maximum atomic E-state index is 5.95. The molecule has 1 saturated heterocycles. The topological polar surface area (TPSA) is 73.1 Å². The number of aromatic nitrogens is 2. The number of aliphatic imine (C=N–C) groups is 1. The van der Waals surface area contributed by atoms with Gasteiger partial charge in [-0.1, -0.05) is 0 Å². The first-order valence-electron chi connectivity index (χ1n) is 10.5. The van der Waals surface area contributed by atoms with Gasteiger partial charge in [0.05, 0.1) is 31.1 Å². The third kappa shape index (κ3) is 7.65. The van der Waals surface area contributed by atoms with Crippen molar-refractivity contribution in [1.29, 1.82) is 0 Å². The number of likely N-dealkylation sites (tertiary alicyclic amines) is 1. The van der Waals surface area contributed by atoms with Crippen molar-refractivity contribution in [3.63, 3.8) is 0 Å². The van der Waals surface area contributed by atoms with Crippen molar-refractivity contribution in [3.05, 3.63) is 42.2 Å². The van der Waals surface area contributed by atoms with Gasteiger partial charge in [0.2, 0.25) is 0 Å². The Labute approximate surface area is 202 Å². The van der Waals surface area contributed by atoms with Crippen LogP contribution in [-0.4, -0.2) is 74.3 Å². The van der Waals surface area contributed by atoms with Crippen molar-refractivity contribution in [2.75, 3.05) is 47.6 Å². The molecular weight excluding hydrogens is 509 g/mol. The first kappa shape index (κ1) is 25.4. The number of ether oxygens (including phenoxy) is 3. The van der Waals surface area contributed by atoms with E-state index in [0.717, 1.165) is 68.7 Å². The number of nitrogens with one attached hydrogen (secondary N) is 1. The van der Waals surface area contributed by atoms with Gasteiger partial charge in [0, 0.05) is 46.7 Å². The molecule has 0 radical (unpaired) electrons. The van der Waals surface area contributed by atoms with E-state index >= 15 is 0 Å². The van der Waals surface area contributed by atoms with Crippen LogP contribution in [0, 0.1) is 0 Å². The highest BCUT2D eigenvalue weighted by Gasteiger charge is 2.21. The molecule has 0 amide bonds. The number of rotatable bonds is 9. The maximum absolute atomic E-state index is 5.95. The summed E-state index contributed by atoms with van der Waals surface area (Å²) in [6.07, 6.45) is 5.27. The molecule has 1 fully saturated rings. The van der Waals surface area contributed by atoms with E-state index in [1.807, 2.05) is 48.3 Å². The molecule has 1 aliphatic heterocycles. The summed E-state index contributed by atoms with van der Waals surface area (Å²) in [7, 11) is 5.21. The molecule has 172 valence electrons.